The molecule has 6 rings (SSSR count). The van der Waals surface area contributed by atoms with Gasteiger partial charge in [0.1, 0.15) is 5.52 Å². The SMILES string of the molecule is CCCN1CCN(c2cc(Nc3ccc(C(=O)OC)cc3)c3c4c(onc24)-c2ccccc2C3=O)CC1. The van der Waals surface area contributed by atoms with E-state index in [0.29, 0.717) is 33.7 Å². The van der Waals surface area contributed by atoms with Crippen molar-refractivity contribution in [2.24, 2.45) is 0 Å². The summed E-state index contributed by atoms with van der Waals surface area (Å²) in [6.45, 7) is 6.98. The minimum atomic E-state index is -0.395. The Morgan fingerprint density at radius 1 is 1.05 bits per heavy atom. The highest BCUT2D eigenvalue weighted by Crippen LogP contribution is 2.46. The fraction of sp³-hybridized carbons (Fsp3) is 0.276. The van der Waals surface area contributed by atoms with Gasteiger partial charge in [-0.05, 0) is 43.3 Å². The Hall–Kier alpha value is -4.17. The molecule has 188 valence electrons. The molecular formula is C29H28N4O4. The number of rotatable bonds is 6. The van der Waals surface area contributed by atoms with Crippen molar-refractivity contribution in [2.45, 2.75) is 13.3 Å². The summed E-state index contributed by atoms with van der Waals surface area (Å²) in [4.78, 5) is 30.5. The van der Waals surface area contributed by atoms with E-state index in [4.69, 9.17) is 9.26 Å². The van der Waals surface area contributed by atoms with Crippen molar-refractivity contribution in [2.75, 3.05) is 50.1 Å². The molecule has 1 fully saturated rings. The lowest BCUT2D eigenvalue weighted by molar-refractivity contribution is 0.0600. The predicted octanol–water partition coefficient (Wildman–Crippen LogP) is 5.10. The first kappa shape index (κ1) is 23.2. The van der Waals surface area contributed by atoms with Gasteiger partial charge < -0.3 is 19.5 Å². The Labute approximate surface area is 214 Å². The minimum absolute atomic E-state index is 0.0655. The quantitative estimate of drug-likeness (QED) is 0.325. The van der Waals surface area contributed by atoms with Crippen molar-refractivity contribution >= 4 is 39.7 Å². The zero-order valence-corrected chi connectivity index (χ0v) is 20.9. The number of ketones is 1. The third kappa shape index (κ3) is 3.94. The summed E-state index contributed by atoms with van der Waals surface area (Å²) in [7, 11) is 1.36. The molecule has 1 aliphatic heterocycles. The maximum atomic E-state index is 13.8. The second kappa shape index (κ2) is 9.37. The third-order valence-corrected chi connectivity index (χ3v) is 7.22. The number of aromatic nitrogens is 1. The number of nitrogens with zero attached hydrogens (tertiary/aromatic N) is 3. The van der Waals surface area contributed by atoms with Crippen molar-refractivity contribution < 1.29 is 18.8 Å². The number of hydrogen-bond donors (Lipinski definition) is 1. The molecule has 0 radical (unpaired) electrons. The van der Waals surface area contributed by atoms with Crippen LogP contribution < -0.4 is 10.2 Å². The first-order valence-electron chi connectivity index (χ1n) is 12.6. The number of methoxy groups -OCH3 is 1. The molecule has 2 heterocycles. The van der Waals surface area contributed by atoms with Gasteiger partial charge in [0, 0.05) is 43.0 Å². The van der Waals surface area contributed by atoms with Crippen molar-refractivity contribution in [1.29, 1.82) is 0 Å². The van der Waals surface area contributed by atoms with Gasteiger partial charge in [-0.15, -0.1) is 0 Å². The summed E-state index contributed by atoms with van der Waals surface area (Å²) in [6.07, 6.45) is 1.13. The fourth-order valence-corrected chi connectivity index (χ4v) is 5.37. The van der Waals surface area contributed by atoms with Gasteiger partial charge in [-0.1, -0.05) is 36.3 Å². The maximum Gasteiger partial charge on any atom is 0.337 e. The third-order valence-electron chi connectivity index (χ3n) is 7.22. The Morgan fingerprint density at radius 2 is 1.78 bits per heavy atom. The number of benzene rings is 3. The van der Waals surface area contributed by atoms with E-state index in [1.54, 1.807) is 12.1 Å². The molecule has 2 aliphatic rings. The number of esters is 1. The van der Waals surface area contributed by atoms with E-state index < -0.39 is 5.97 Å². The van der Waals surface area contributed by atoms with Crippen LogP contribution in [0.3, 0.4) is 0 Å². The summed E-state index contributed by atoms with van der Waals surface area (Å²) in [5.41, 5.74) is 5.48. The van der Waals surface area contributed by atoms with Gasteiger partial charge in [0.05, 0.1) is 35.0 Å². The monoisotopic (exact) mass is 496 g/mol. The van der Waals surface area contributed by atoms with Crippen molar-refractivity contribution in [3.05, 3.63) is 71.3 Å². The molecule has 8 nitrogen and oxygen atoms in total. The molecule has 4 aromatic rings. The number of hydrogen-bond acceptors (Lipinski definition) is 8. The summed E-state index contributed by atoms with van der Waals surface area (Å²) in [6, 6.07) is 16.5. The lowest BCUT2D eigenvalue weighted by Gasteiger charge is -2.36. The van der Waals surface area contributed by atoms with E-state index in [1.165, 1.54) is 7.11 Å². The van der Waals surface area contributed by atoms with Gasteiger partial charge in [0.15, 0.2) is 11.5 Å². The van der Waals surface area contributed by atoms with Gasteiger partial charge in [-0.25, -0.2) is 4.79 Å². The maximum absolute atomic E-state index is 13.8. The summed E-state index contributed by atoms with van der Waals surface area (Å²) >= 11 is 0. The molecule has 0 saturated carbocycles. The van der Waals surface area contributed by atoms with Crippen LogP contribution in [0.4, 0.5) is 17.1 Å². The second-order valence-electron chi connectivity index (χ2n) is 9.45. The molecule has 1 aliphatic carbocycles. The van der Waals surface area contributed by atoms with Crippen LogP contribution in [0, 0.1) is 0 Å². The molecule has 3 aromatic carbocycles. The first-order chi connectivity index (χ1) is 18.1. The highest BCUT2D eigenvalue weighted by Gasteiger charge is 2.34. The molecule has 0 bridgehead atoms. The lowest BCUT2D eigenvalue weighted by atomic mass is 9.86. The molecule has 1 aromatic heterocycles. The van der Waals surface area contributed by atoms with Gasteiger partial charge >= 0.3 is 5.97 Å². The summed E-state index contributed by atoms with van der Waals surface area (Å²) < 4.78 is 10.7. The van der Waals surface area contributed by atoms with Gasteiger partial charge in [0.2, 0.25) is 0 Å². The number of fused-ring (bicyclic) bond motifs is 2. The minimum Gasteiger partial charge on any atom is -0.465 e. The Kier molecular flexibility index (Phi) is 5.88. The number of carbonyl (C=O) groups excluding carboxylic acids is 2. The molecule has 37 heavy (non-hydrogen) atoms. The van der Waals surface area contributed by atoms with E-state index >= 15 is 0 Å². The van der Waals surface area contributed by atoms with Crippen LogP contribution in [0.15, 0.2) is 59.1 Å². The topological polar surface area (TPSA) is 87.9 Å². The molecule has 0 spiro atoms. The second-order valence-corrected chi connectivity index (χ2v) is 9.45. The normalized spacial score (nSPS) is 15.1. The molecule has 1 N–H and O–H groups in total. The van der Waals surface area contributed by atoms with Crippen LogP contribution in [0.2, 0.25) is 0 Å². The van der Waals surface area contributed by atoms with Crippen LogP contribution in [-0.4, -0.2) is 61.6 Å². The van der Waals surface area contributed by atoms with Crippen LogP contribution in [0.25, 0.3) is 22.2 Å². The zero-order chi connectivity index (χ0) is 25.5. The van der Waals surface area contributed by atoms with E-state index in [1.807, 2.05) is 42.5 Å². The van der Waals surface area contributed by atoms with Crippen LogP contribution >= 0.6 is 0 Å². The standard InChI is InChI=1S/C29H28N4O4/c1-3-12-32-13-15-33(16-14-32)23-17-22(30-19-10-8-18(9-11-19)29(35)36-2)24-25-26(23)31-37-28(25)21-7-5-4-6-20(21)27(24)34/h4-11,17,30H,3,12-16H2,1-2H3. The Balaban J connectivity index is 1.47. The Morgan fingerprint density at radius 3 is 2.49 bits per heavy atom. The summed E-state index contributed by atoms with van der Waals surface area (Å²) in [5, 5.41) is 8.66. The van der Waals surface area contributed by atoms with Crippen molar-refractivity contribution in [3.63, 3.8) is 0 Å². The van der Waals surface area contributed by atoms with E-state index in [2.05, 4.69) is 27.2 Å². The van der Waals surface area contributed by atoms with Crippen molar-refractivity contribution in [3.8, 4) is 11.3 Å². The smallest absolute Gasteiger partial charge is 0.337 e. The molecular weight excluding hydrogens is 468 g/mol. The predicted molar refractivity (Wildman–Crippen MR) is 143 cm³/mol. The Bertz CT molecular complexity index is 1500. The van der Waals surface area contributed by atoms with Crippen LogP contribution in [0.5, 0.6) is 0 Å². The van der Waals surface area contributed by atoms with E-state index in [-0.39, 0.29) is 5.78 Å². The molecule has 0 atom stereocenters. The van der Waals surface area contributed by atoms with E-state index in [0.717, 1.165) is 61.5 Å². The van der Waals surface area contributed by atoms with Crippen molar-refractivity contribution in [1.82, 2.24) is 10.1 Å². The van der Waals surface area contributed by atoms with Gasteiger partial charge in [0.25, 0.3) is 0 Å². The van der Waals surface area contributed by atoms with Crippen LogP contribution in [-0.2, 0) is 4.74 Å². The molecule has 1 saturated heterocycles. The lowest BCUT2D eigenvalue weighted by Crippen LogP contribution is -2.46. The fourth-order valence-electron chi connectivity index (χ4n) is 5.37. The van der Waals surface area contributed by atoms with Gasteiger partial charge in [-0.2, -0.15) is 0 Å². The number of ether oxygens (including phenoxy) is 1. The summed E-state index contributed by atoms with van der Waals surface area (Å²) in [5.74, 6) is 0.161. The largest absolute Gasteiger partial charge is 0.465 e. The highest BCUT2D eigenvalue weighted by molar-refractivity contribution is 6.28. The van der Waals surface area contributed by atoms with Crippen LogP contribution in [0.1, 0.15) is 39.6 Å². The highest BCUT2D eigenvalue weighted by atomic mass is 16.5. The number of nitrogens with one attached hydrogen (secondary N) is 1. The van der Waals surface area contributed by atoms with Gasteiger partial charge in [-0.3, -0.25) is 9.69 Å². The van der Waals surface area contributed by atoms with E-state index in [9.17, 15) is 9.59 Å². The number of piperazine rings is 1. The first-order valence-corrected chi connectivity index (χ1v) is 12.6. The average Bonchev–Trinajstić information content (AvgIpc) is 3.38. The molecule has 0 unspecified atom stereocenters. The molecule has 0 amide bonds. The molecule has 8 heteroatoms. The number of anilines is 3. The average molecular weight is 497 g/mol. The zero-order valence-electron chi connectivity index (χ0n) is 20.9. The number of carbonyl (C=O) groups is 2.